The molecule has 2 aromatic rings. The van der Waals surface area contributed by atoms with E-state index in [0.717, 1.165) is 5.56 Å². The van der Waals surface area contributed by atoms with Crippen LogP contribution in [0.3, 0.4) is 0 Å². The van der Waals surface area contributed by atoms with Gasteiger partial charge < -0.3 is 0 Å². The van der Waals surface area contributed by atoms with Crippen molar-refractivity contribution in [1.29, 1.82) is 0 Å². The summed E-state index contributed by atoms with van der Waals surface area (Å²) in [6.45, 7) is 8.19. The van der Waals surface area contributed by atoms with Crippen molar-refractivity contribution in [3.05, 3.63) is 45.7 Å². The van der Waals surface area contributed by atoms with Gasteiger partial charge >= 0.3 is 0 Å². The predicted molar refractivity (Wildman–Crippen MR) is 97.2 cm³/mol. The Hall–Kier alpha value is -1.66. The average Bonchev–Trinajstić information content (AvgIpc) is 2.91. The molecule has 0 spiro atoms. The molecule has 1 aromatic carbocycles. The van der Waals surface area contributed by atoms with Crippen LogP contribution in [0.15, 0.2) is 23.2 Å². The first-order valence-electron chi connectivity index (χ1n) is 8.23. The van der Waals surface area contributed by atoms with Gasteiger partial charge in [0.1, 0.15) is 5.15 Å². The molecule has 5 nitrogen and oxygen atoms in total. The summed E-state index contributed by atoms with van der Waals surface area (Å²) in [7, 11) is -3.40. The number of benzene rings is 1. The van der Waals surface area contributed by atoms with Gasteiger partial charge in [-0.05, 0) is 36.8 Å². The zero-order chi connectivity index (χ0) is 18.6. The van der Waals surface area contributed by atoms with Crippen LogP contribution in [-0.2, 0) is 21.8 Å². The third kappa shape index (κ3) is 2.81. The monoisotopic (exact) mass is 380 g/mol. The number of hydrogen-bond acceptors (Lipinski definition) is 4. The summed E-state index contributed by atoms with van der Waals surface area (Å²) in [6.07, 6.45) is 2.01. The smallest absolute Gasteiger partial charge is 0.198 e. The molecule has 0 saturated carbocycles. The number of ketones is 1. The number of fused-ring (bicyclic) bond motifs is 1. The number of aromatic nitrogens is 2. The van der Waals surface area contributed by atoms with Gasteiger partial charge in [-0.2, -0.15) is 5.10 Å². The van der Waals surface area contributed by atoms with Crippen LogP contribution in [0.25, 0.3) is 0 Å². The molecule has 1 aliphatic rings. The number of sulfone groups is 1. The van der Waals surface area contributed by atoms with Crippen LogP contribution in [-0.4, -0.2) is 29.7 Å². The van der Waals surface area contributed by atoms with Gasteiger partial charge in [0, 0.05) is 12.1 Å². The van der Waals surface area contributed by atoms with Crippen molar-refractivity contribution in [1.82, 2.24) is 9.78 Å². The average molecular weight is 381 g/mol. The lowest BCUT2D eigenvalue weighted by Crippen LogP contribution is -2.31. The minimum Gasteiger partial charge on any atom is -0.288 e. The third-order valence-corrected chi connectivity index (χ3v) is 7.29. The summed E-state index contributed by atoms with van der Waals surface area (Å²) in [5.41, 5.74) is 1.69. The molecule has 0 aliphatic carbocycles. The molecule has 0 saturated heterocycles. The van der Waals surface area contributed by atoms with Crippen LogP contribution in [0, 0.1) is 6.92 Å². The number of rotatable bonds is 3. The maximum Gasteiger partial charge on any atom is 0.198 e. The highest BCUT2D eigenvalue weighted by molar-refractivity contribution is 7.91. The Balaban J connectivity index is 2.20. The van der Waals surface area contributed by atoms with E-state index in [0.29, 0.717) is 34.6 Å². The van der Waals surface area contributed by atoms with E-state index in [1.54, 1.807) is 19.1 Å². The lowest BCUT2D eigenvalue weighted by atomic mass is 9.80. The molecule has 3 rings (SSSR count). The zero-order valence-electron chi connectivity index (χ0n) is 14.8. The highest BCUT2D eigenvalue weighted by Gasteiger charge is 2.38. The molecular formula is C18H21ClN2O3S. The Bertz CT molecular complexity index is 974. The predicted octanol–water partition coefficient (Wildman–Crippen LogP) is 3.55. The molecule has 0 bridgehead atoms. The van der Waals surface area contributed by atoms with Gasteiger partial charge in [0.2, 0.25) is 0 Å². The summed E-state index contributed by atoms with van der Waals surface area (Å²) in [5.74, 6) is -0.205. The first kappa shape index (κ1) is 18.1. The first-order chi connectivity index (χ1) is 11.6. The van der Waals surface area contributed by atoms with Crippen LogP contribution in [0.1, 0.15) is 54.2 Å². The van der Waals surface area contributed by atoms with E-state index in [9.17, 15) is 13.2 Å². The Kier molecular flexibility index (Phi) is 4.32. The zero-order valence-corrected chi connectivity index (χ0v) is 16.3. The second kappa shape index (κ2) is 5.95. The molecule has 0 N–H and O–H groups in total. The lowest BCUT2D eigenvalue weighted by Gasteiger charge is -2.33. The van der Waals surface area contributed by atoms with Crippen LogP contribution in [0.2, 0.25) is 5.15 Å². The minimum atomic E-state index is -3.40. The molecule has 0 atom stereocenters. The fraction of sp³-hybridized carbons (Fsp3) is 0.444. The summed E-state index contributed by atoms with van der Waals surface area (Å²) in [6, 6.07) is 3.48. The van der Waals surface area contributed by atoms with Gasteiger partial charge in [-0.3, -0.25) is 9.48 Å². The number of carbonyl (C=O) groups is 1. The molecule has 2 heterocycles. The van der Waals surface area contributed by atoms with Gasteiger partial charge in [-0.25, -0.2) is 8.42 Å². The summed E-state index contributed by atoms with van der Waals surface area (Å²) in [4.78, 5) is 13.2. The van der Waals surface area contributed by atoms with Crippen molar-refractivity contribution >= 4 is 27.2 Å². The maximum atomic E-state index is 12.9. The molecule has 0 radical (unpaired) electrons. The fourth-order valence-corrected chi connectivity index (χ4v) is 5.92. The maximum absolute atomic E-state index is 12.9. The molecule has 0 unspecified atom stereocenters. The van der Waals surface area contributed by atoms with Gasteiger partial charge in [0.15, 0.2) is 15.6 Å². The van der Waals surface area contributed by atoms with Gasteiger partial charge in [0.25, 0.3) is 0 Å². The molecular weight excluding hydrogens is 360 g/mol. The minimum absolute atomic E-state index is 0.0972. The molecule has 25 heavy (non-hydrogen) atoms. The SMILES string of the molecule is CCn1ncc(C(=O)c2ccc3c(c2C)S(=O)(=O)CCC3(C)C)c1Cl. The van der Waals surface area contributed by atoms with Crippen molar-refractivity contribution in [2.45, 2.75) is 51.0 Å². The fourth-order valence-electron chi connectivity index (χ4n) is 3.39. The Labute approximate surface area is 152 Å². The second-order valence-corrected chi connectivity index (χ2v) is 9.47. The summed E-state index contributed by atoms with van der Waals surface area (Å²) in [5, 5.41) is 4.37. The van der Waals surface area contributed by atoms with Crippen LogP contribution in [0.5, 0.6) is 0 Å². The van der Waals surface area contributed by atoms with Gasteiger partial charge in [-0.15, -0.1) is 0 Å². The number of halogens is 1. The van der Waals surface area contributed by atoms with Crippen LogP contribution >= 0.6 is 11.6 Å². The van der Waals surface area contributed by atoms with E-state index < -0.39 is 9.84 Å². The molecule has 1 aliphatic heterocycles. The van der Waals surface area contributed by atoms with Gasteiger partial charge in [-0.1, -0.05) is 37.6 Å². The van der Waals surface area contributed by atoms with Crippen molar-refractivity contribution in [2.24, 2.45) is 0 Å². The largest absolute Gasteiger partial charge is 0.288 e. The molecule has 134 valence electrons. The summed E-state index contributed by atoms with van der Waals surface area (Å²) < 4.78 is 26.8. The third-order valence-electron chi connectivity index (χ3n) is 5.01. The highest BCUT2D eigenvalue weighted by atomic mass is 35.5. The number of hydrogen-bond donors (Lipinski definition) is 0. The van der Waals surface area contributed by atoms with Crippen LogP contribution in [0.4, 0.5) is 0 Å². The normalized spacial score (nSPS) is 18.0. The van der Waals surface area contributed by atoms with Gasteiger partial charge in [0.05, 0.1) is 22.4 Å². The van der Waals surface area contributed by atoms with E-state index in [4.69, 9.17) is 11.6 Å². The van der Waals surface area contributed by atoms with E-state index in [1.165, 1.54) is 10.9 Å². The van der Waals surface area contributed by atoms with Crippen molar-refractivity contribution in [3.63, 3.8) is 0 Å². The van der Waals surface area contributed by atoms with E-state index >= 15 is 0 Å². The molecule has 0 amide bonds. The molecule has 1 aromatic heterocycles. The van der Waals surface area contributed by atoms with E-state index in [1.807, 2.05) is 20.8 Å². The Morgan fingerprint density at radius 1 is 1.32 bits per heavy atom. The second-order valence-electron chi connectivity index (χ2n) is 7.06. The quantitative estimate of drug-likeness (QED) is 0.763. The Morgan fingerprint density at radius 3 is 2.60 bits per heavy atom. The summed E-state index contributed by atoms with van der Waals surface area (Å²) >= 11 is 6.23. The first-order valence-corrected chi connectivity index (χ1v) is 10.3. The van der Waals surface area contributed by atoms with Crippen molar-refractivity contribution in [2.75, 3.05) is 5.75 Å². The van der Waals surface area contributed by atoms with E-state index in [2.05, 4.69) is 5.10 Å². The van der Waals surface area contributed by atoms with E-state index in [-0.39, 0.29) is 22.1 Å². The topological polar surface area (TPSA) is 69.0 Å². The molecule has 7 heteroatoms. The Morgan fingerprint density at radius 2 is 2.00 bits per heavy atom. The van der Waals surface area contributed by atoms with Crippen molar-refractivity contribution < 1.29 is 13.2 Å². The lowest BCUT2D eigenvalue weighted by molar-refractivity contribution is 0.103. The standard InChI is InChI=1S/C18H21ClN2O3S/c1-5-21-17(19)13(10-20-21)15(22)12-6-7-14-16(11(12)2)25(23,24)9-8-18(14,3)4/h6-7,10H,5,8-9H2,1-4H3. The number of carbonyl (C=O) groups excluding carboxylic acids is 1. The molecule has 0 fully saturated rings. The van der Waals surface area contributed by atoms with Crippen molar-refractivity contribution in [3.8, 4) is 0 Å². The van der Waals surface area contributed by atoms with Crippen LogP contribution < -0.4 is 0 Å². The highest BCUT2D eigenvalue weighted by Crippen LogP contribution is 2.41. The number of aryl methyl sites for hydroxylation is 1. The number of nitrogens with zero attached hydrogens (tertiary/aromatic N) is 2.